The molecule has 0 aliphatic heterocycles. The quantitative estimate of drug-likeness (QED) is 0.643. The molecule has 1 saturated carbocycles. The third-order valence-corrected chi connectivity index (χ3v) is 3.25. The van der Waals surface area contributed by atoms with Crippen LogP contribution in [0.25, 0.3) is 0 Å². The van der Waals surface area contributed by atoms with Crippen LogP contribution in [0.3, 0.4) is 0 Å². The molecule has 0 aromatic heterocycles. The van der Waals surface area contributed by atoms with Gasteiger partial charge >= 0.3 is 7.75 Å². The van der Waals surface area contributed by atoms with Crippen LogP contribution in [0.2, 0.25) is 0 Å². The molecule has 0 aromatic carbocycles. The number of carbonyl (C=O) groups is 1. The first-order chi connectivity index (χ1) is 7.38. The average molecular weight is 250 g/mol. The molecule has 1 rings (SSSR count). The van der Waals surface area contributed by atoms with Crippen molar-refractivity contribution >= 4 is 13.7 Å². The van der Waals surface area contributed by atoms with Crippen molar-refractivity contribution in [3.8, 4) is 0 Å². The molecule has 94 valence electrons. The Bertz CT molecular complexity index is 285. The summed E-state index contributed by atoms with van der Waals surface area (Å²) in [6.45, 7) is 1.41. The lowest BCUT2D eigenvalue weighted by atomic mass is 9.95. The fraction of sp³-hybridized carbons (Fsp3) is 0.889. The molecule has 1 amide bonds. The second kappa shape index (κ2) is 5.77. The van der Waals surface area contributed by atoms with Crippen molar-refractivity contribution < 1.29 is 18.8 Å². The van der Waals surface area contributed by atoms with E-state index in [1.54, 1.807) is 0 Å². The normalized spacial score (nSPS) is 23.4. The van der Waals surface area contributed by atoms with Gasteiger partial charge in [0, 0.05) is 6.04 Å². The highest BCUT2D eigenvalue weighted by Crippen LogP contribution is 2.33. The summed E-state index contributed by atoms with van der Waals surface area (Å²) in [6, 6.07) is 0.156. The van der Waals surface area contributed by atoms with Crippen molar-refractivity contribution in [1.29, 1.82) is 0 Å². The molecule has 1 fully saturated rings. The van der Waals surface area contributed by atoms with Crippen LogP contribution in [0.5, 0.6) is 0 Å². The van der Waals surface area contributed by atoms with Gasteiger partial charge in [-0.15, -0.1) is 0 Å². The zero-order chi connectivity index (χ0) is 12.2. The van der Waals surface area contributed by atoms with Crippen molar-refractivity contribution in [3.63, 3.8) is 0 Å². The van der Waals surface area contributed by atoms with Gasteiger partial charge in [0.05, 0.1) is 0 Å². The summed E-state index contributed by atoms with van der Waals surface area (Å²) < 4.78 is 15.3. The highest BCUT2D eigenvalue weighted by molar-refractivity contribution is 7.50. The molecule has 0 spiro atoms. The van der Waals surface area contributed by atoms with Crippen LogP contribution < -0.4 is 10.8 Å². The standard InChI is InChI=1S/C9H19N2O4P/c1-7(15-16(10,13)14)9(12)11-8-5-3-2-4-6-8/h7-8H,2-6H2,1H3,(H,11,12)(H3,10,13,14). The van der Waals surface area contributed by atoms with Gasteiger partial charge in [-0.2, -0.15) is 0 Å². The Hall–Kier alpha value is -0.420. The second-order valence-electron chi connectivity index (χ2n) is 4.16. The van der Waals surface area contributed by atoms with E-state index in [1.165, 1.54) is 13.3 Å². The third-order valence-electron chi connectivity index (χ3n) is 2.63. The Morgan fingerprint density at radius 1 is 1.50 bits per heavy atom. The molecule has 2 unspecified atom stereocenters. The lowest BCUT2D eigenvalue weighted by Gasteiger charge is -2.24. The predicted octanol–water partition coefficient (Wildman–Crippen LogP) is 0.899. The van der Waals surface area contributed by atoms with E-state index in [1.807, 2.05) is 0 Å². The van der Waals surface area contributed by atoms with E-state index < -0.39 is 13.9 Å². The van der Waals surface area contributed by atoms with Crippen LogP contribution >= 0.6 is 7.75 Å². The van der Waals surface area contributed by atoms with Gasteiger partial charge in [-0.3, -0.25) is 9.32 Å². The summed E-state index contributed by atoms with van der Waals surface area (Å²) in [6.07, 6.45) is 4.33. The summed E-state index contributed by atoms with van der Waals surface area (Å²) in [4.78, 5) is 20.3. The Labute approximate surface area is 95.1 Å². The SMILES string of the molecule is CC(OP(N)(=O)O)C(=O)NC1CCCCC1. The average Bonchev–Trinajstić information content (AvgIpc) is 2.16. The Balaban J connectivity index is 2.36. The van der Waals surface area contributed by atoms with Crippen molar-refractivity contribution in [2.24, 2.45) is 5.50 Å². The maximum atomic E-state index is 11.6. The number of nitrogens with two attached hydrogens (primary N) is 1. The molecule has 0 heterocycles. The van der Waals surface area contributed by atoms with Crippen LogP contribution in [-0.4, -0.2) is 22.9 Å². The number of nitrogens with one attached hydrogen (secondary N) is 1. The van der Waals surface area contributed by atoms with Crippen molar-refractivity contribution in [3.05, 3.63) is 0 Å². The van der Waals surface area contributed by atoms with Gasteiger partial charge in [0.1, 0.15) is 6.10 Å². The topological polar surface area (TPSA) is 102 Å². The molecule has 6 nitrogen and oxygen atoms in total. The second-order valence-corrected chi connectivity index (χ2v) is 5.49. The van der Waals surface area contributed by atoms with Crippen LogP contribution in [0, 0.1) is 0 Å². The minimum Gasteiger partial charge on any atom is -0.351 e. The highest BCUT2D eigenvalue weighted by Gasteiger charge is 2.24. The fourth-order valence-electron chi connectivity index (χ4n) is 1.84. The van der Waals surface area contributed by atoms with Crippen molar-refractivity contribution in [1.82, 2.24) is 5.32 Å². The minimum atomic E-state index is -4.09. The highest BCUT2D eigenvalue weighted by atomic mass is 31.2. The summed E-state index contributed by atoms with van der Waals surface area (Å²) in [5.74, 6) is -0.383. The molecule has 0 radical (unpaired) electrons. The molecule has 0 aromatic rings. The van der Waals surface area contributed by atoms with E-state index in [4.69, 9.17) is 10.4 Å². The molecular formula is C9H19N2O4P. The van der Waals surface area contributed by atoms with Gasteiger partial charge < -0.3 is 10.2 Å². The lowest BCUT2D eigenvalue weighted by molar-refractivity contribution is -0.128. The van der Waals surface area contributed by atoms with E-state index in [9.17, 15) is 9.36 Å². The van der Waals surface area contributed by atoms with Gasteiger partial charge in [0.25, 0.3) is 0 Å². The largest absolute Gasteiger partial charge is 0.401 e. The fourth-order valence-corrected chi connectivity index (χ4v) is 2.39. The molecule has 7 heteroatoms. The molecule has 1 aliphatic rings. The maximum Gasteiger partial charge on any atom is 0.401 e. The summed E-state index contributed by atoms with van der Waals surface area (Å²) in [7, 11) is -4.09. The van der Waals surface area contributed by atoms with E-state index in [0.717, 1.165) is 25.7 Å². The number of rotatable bonds is 4. The van der Waals surface area contributed by atoms with E-state index in [2.05, 4.69) is 9.84 Å². The summed E-state index contributed by atoms with van der Waals surface area (Å²) in [5, 5.41) is 2.79. The lowest BCUT2D eigenvalue weighted by Crippen LogP contribution is -2.42. The molecule has 4 N–H and O–H groups in total. The first-order valence-electron chi connectivity index (χ1n) is 5.48. The van der Waals surface area contributed by atoms with Crippen LogP contribution in [0.15, 0.2) is 0 Å². The van der Waals surface area contributed by atoms with Crippen LogP contribution in [0.1, 0.15) is 39.0 Å². The number of amides is 1. The van der Waals surface area contributed by atoms with Gasteiger partial charge in [-0.1, -0.05) is 19.3 Å². The minimum absolute atomic E-state index is 0.156. The van der Waals surface area contributed by atoms with Gasteiger partial charge in [0.15, 0.2) is 0 Å². The van der Waals surface area contributed by atoms with Crippen LogP contribution in [0.4, 0.5) is 0 Å². The monoisotopic (exact) mass is 250 g/mol. The van der Waals surface area contributed by atoms with Crippen LogP contribution in [-0.2, 0) is 13.9 Å². The third kappa shape index (κ3) is 5.07. The van der Waals surface area contributed by atoms with E-state index >= 15 is 0 Å². The Morgan fingerprint density at radius 3 is 2.56 bits per heavy atom. The first-order valence-corrected chi connectivity index (χ1v) is 7.13. The Kier molecular flexibility index (Phi) is 4.92. The summed E-state index contributed by atoms with van der Waals surface area (Å²) >= 11 is 0. The maximum absolute atomic E-state index is 11.6. The van der Waals surface area contributed by atoms with Gasteiger partial charge in [-0.05, 0) is 19.8 Å². The number of hydrogen-bond acceptors (Lipinski definition) is 3. The molecule has 0 bridgehead atoms. The zero-order valence-corrected chi connectivity index (χ0v) is 10.3. The Morgan fingerprint density at radius 2 is 2.06 bits per heavy atom. The first kappa shape index (κ1) is 13.6. The molecule has 2 atom stereocenters. The van der Waals surface area contributed by atoms with Crippen molar-refractivity contribution in [2.45, 2.75) is 51.2 Å². The van der Waals surface area contributed by atoms with E-state index in [-0.39, 0.29) is 11.9 Å². The predicted molar refractivity (Wildman–Crippen MR) is 59.6 cm³/mol. The zero-order valence-electron chi connectivity index (χ0n) is 9.39. The summed E-state index contributed by atoms with van der Waals surface area (Å²) in [5.41, 5.74) is 4.82. The number of hydrogen-bond donors (Lipinski definition) is 3. The molecular weight excluding hydrogens is 231 g/mol. The molecule has 16 heavy (non-hydrogen) atoms. The smallest absolute Gasteiger partial charge is 0.351 e. The number of carbonyl (C=O) groups excluding carboxylic acids is 1. The van der Waals surface area contributed by atoms with Gasteiger partial charge in [-0.25, -0.2) is 10.1 Å². The molecule has 0 saturated heterocycles. The van der Waals surface area contributed by atoms with E-state index in [0.29, 0.717) is 0 Å². The molecule has 1 aliphatic carbocycles. The van der Waals surface area contributed by atoms with Crippen molar-refractivity contribution in [2.75, 3.05) is 0 Å². The van der Waals surface area contributed by atoms with Gasteiger partial charge in [0.2, 0.25) is 5.91 Å².